The molecular weight excluding hydrogens is 382 g/mol. The molecule has 0 bridgehead atoms. The fourth-order valence-electron chi connectivity index (χ4n) is 2.45. The number of carbonyl (C=O) groups is 1. The van der Waals surface area contributed by atoms with Gasteiger partial charge in [-0.2, -0.15) is 10.4 Å². The summed E-state index contributed by atoms with van der Waals surface area (Å²) in [6.07, 6.45) is 2.51. The summed E-state index contributed by atoms with van der Waals surface area (Å²) in [6, 6.07) is 16.5. The zero-order valence-corrected chi connectivity index (χ0v) is 14.9. The quantitative estimate of drug-likeness (QED) is 0.527. The number of aryl methyl sites for hydroxylation is 1. The van der Waals surface area contributed by atoms with E-state index in [0.717, 1.165) is 15.7 Å². The second-order valence-electron chi connectivity index (χ2n) is 5.30. The van der Waals surface area contributed by atoms with E-state index in [1.807, 2.05) is 37.5 Å². The number of aromatic nitrogens is 2. The van der Waals surface area contributed by atoms with Crippen LogP contribution in [0.5, 0.6) is 0 Å². The number of hydrogen-bond donors (Lipinski definition) is 1. The van der Waals surface area contributed by atoms with Crippen molar-refractivity contribution in [2.24, 2.45) is 7.05 Å². The number of carbonyl (C=O) groups excluding carboxylic acids is 1. The van der Waals surface area contributed by atoms with Gasteiger partial charge in [-0.05, 0) is 40.2 Å². The predicted molar refractivity (Wildman–Crippen MR) is 99.7 cm³/mol. The van der Waals surface area contributed by atoms with Crippen molar-refractivity contribution in [2.45, 2.75) is 0 Å². The molecule has 0 aliphatic rings. The minimum Gasteiger partial charge on any atom is -0.292 e. The Labute approximate surface area is 153 Å². The van der Waals surface area contributed by atoms with Gasteiger partial charge in [0.05, 0.1) is 21.4 Å². The molecule has 0 aliphatic heterocycles. The molecule has 1 aromatic heterocycles. The van der Waals surface area contributed by atoms with E-state index in [4.69, 9.17) is 0 Å². The Morgan fingerprint density at radius 3 is 2.76 bits per heavy atom. The number of hydrazine groups is 1. The lowest BCUT2D eigenvalue weighted by Crippen LogP contribution is -2.28. The van der Waals surface area contributed by atoms with Crippen molar-refractivity contribution in [1.29, 1.82) is 5.26 Å². The van der Waals surface area contributed by atoms with Crippen molar-refractivity contribution in [2.75, 3.05) is 10.4 Å². The lowest BCUT2D eigenvalue weighted by atomic mass is 10.1. The molecule has 3 rings (SSSR count). The number of anilines is 2. The van der Waals surface area contributed by atoms with Crippen molar-refractivity contribution in [3.8, 4) is 17.3 Å². The Kier molecular flexibility index (Phi) is 4.82. The van der Waals surface area contributed by atoms with Gasteiger partial charge in [0.2, 0.25) is 6.41 Å². The van der Waals surface area contributed by atoms with Crippen LogP contribution in [0.25, 0.3) is 11.3 Å². The van der Waals surface area contributed by atoms with E-state index in [0.29, 0.717) is 23.3 Å². The first-order valence-electron chi connectivity index (χ1n) is 7.42. The van der Waals surface area contributed by atoms with Crippen molar-refractivity contribution >= 4 is 33.7 Å². The summed E-state index contributed by atoms with van der Waals surface area (Å²) in [5.41, 5.74) is 6.33. The minimum atomic E-state index is 0.408. The van der Waals surface area contributed by atoms with Gasteiger partial charge in [-0.25, -0.2) is 5.01 Å². The van der Waals surface area contributed by atoms with Crippen LogP contribution < -0.4 is 10.4 Å². The summed E-state index contributed by atoms with van der Waals surface area (Å²) in [7, 11) is 1.85. The molecule has 1 amide bonds. The summed E-state index contributed by atoms with van der Waals surface area (Å²) >= 11 is 3.49. The van der Waals surface area contributed by atoms with Gasteiger partial charge in [-0.15, -0.1) is 0 Å². The molecule has 0 fully saturated rings. The standard InChI is InChI=1S/C18H14BrN5O/c1-23-11-16(19)18(22-23)13-6-4-7-15(9-13)21-24(12-25)17-8-3-2-5-14(17)10-20/h2-9,11-12,21H,1H3. The Balaban J connectivity index is 1.92. The summed E-state index contributed by atoms with van der Waals surface area (Å²) in [6.45, 7) is 0. The van der Waals surface area contributed by atoms with Gasteiger partial charge in [0.15, 0.2) is 0 Å². The number of nitrogens with zero attached hydrogens (tertiary/aromatic N) is 4. The number of nitrogens with one attached hydrogen (secondary N) is 1. The Morgan fingerprint density at radius 1 is 1.28 bits per heavy atom. The molecule has 0 saturated carbocycles. The second kappa shape index (κ2) is 7.20. The maximum atomic E-state index is 11.5. The number of rotatable bonds is 5. The van der Waals surface area contributed by atoms with E-state index >= 15 is 0 Å². The van der Waals surface area contributed by atoms with Crippen LogP contribution in [0, 0.1) is 11.3 Å². The molecule has 0 saturated heterocycles. The van der Waals surface area contributed by atoms with E-state index in [1.54, 1.807) is 28.9 Å². The number of hydrogen-bond acceptors (Lipinski definition) is 4. The molecule has 25 heavy (non-hydrogen) atoms. The monoisotopic (exact) mass is 395 g/mol. The Morgan fingerprint density at radius 2 is 2.08 bits per heavy atom. The smallest absolute Gasteiger partial charge is 0.232 e. The number of nitriles is 1. The molecule has 1 N–H and O–H groups in total. The maximum Gasteiger partial charge on any atom is 0.232 e. The van der Waals surface area contributed by atoms with Crippen LogP contribution in [0.3, 0.4) is 0 Å². The van der Waals surface area contributed by atoms with Gasteiger partial charge in [-0.3, -0.25) is 14.9 Å². The van der Waals surface area contributed by atoms with E-state index in [-0.39, 0.29) is 0 Å². The number of halogens is 1. The highest BCUT2D eigenvalue weighted by Gasteiger charge is 2.12. The van der Waals surface area contributed by atoms with E-state index in [1.165, 1.54) is 5.01 Å². The summed E-state index contributed by atoms with van der Waals surface area (Å²) in [5, 5.41) is 14.9. The van der Waals surface area contributed by atoms with Gasteiger partial charge >= 0.3 is 0 Å². The molecule has 0 radical (unpaired) electrons. The second-order valence-corrected chi connectivity index (χ2v) is 6.15. The van der Waals surface area contributed by atoms with Crippen LogP contribution in [0.4, 0.5) is 11.4 Å². The third kappa shape index (κ3) is 3.54. The highest BCUT2D eigenvalue weighted by Crippen LogP contribution is 2.29. The summed E-state index contributed by atoms with van der Waals surface area (Å²) in [5.74, 6) is 0. The molecule has 2 aromatic carbocycles. The molecule has 0 atom stereocenters. The largest absolute Gasteiger partial charge is 0.292 e. The van der Waals surface area contributed by atoms with Crippen LogP contribution in [0.1, 0.15) is 5.56 Å². The Bertz CT molecular complexity index is 960. The average Bonchev–Trinajstić information content (AvgIpc) is 2.98. The molecule has 7 heteroatoms. The van der Waals surface area contributed by atoms with Gasteiger partial charge in [0.25, 0.3) is 0 Å². The normalized spacial score (nSPS) is 10.1. The van der Waals surface area contributed by atoms with Crippen LogP contribution in [-0.4, -0.2) is 16.2 Å². The highest BCUT2D eigenvalue weighted by atomic mass is 79.9. The van der Waals surface area contributed by atoms with Gasteiger partial charge < -0.3 is 0 Å². The van der Waals surface area contributed by atoms with Crippen LogP contribution in [0.15, 0.2) is 59.2 Å². The van der Waals surface area contributed by atoms with Gasteiger partial charge in [0.1, 0.15) is 11.8 Å². The molecule has 0 aliphatic carbocycles. The minimum absolute atomic E-state index is 0.408. The van der Waals surface area contributed by atoms with Crippen molar-refractivity contribution in [3.63, 3.8) is 0 Å². The maximum absolute atomic E-state index is 11.5. The first-order chi connectivity index (χ1) is 12.1. The highest BCUT2D eigenvalue weighted by molar-refractivity contribution is 9.10. The molecule has 1 heterocycles. The third-order valence-corrected chi connectivity index (χ3v) is 4.14. The lowest BCUT2D eigenvalue weighted by molar-refractivity contribution is -0.107. The van der Waals surface area contributed by atoms with E-state index in [2.05, 4.69) is 32.5 Å². The van der Waals surface area contributed by atoms with Gasteiger partial charge in [-0.1, -0.05) is 24.3 Å². The zero-order valence-electron chi connectivity index (χ0n) is 13.3. The van der Waals surface area contributed by atoms with Crippen molar-refractivity contribution < 1.29 is 4.79 Å². The SMILES string of the molecule is Cn1cc(Br)c(-c2cccc(NN(C=O)c3ccccc3C#N)c2)n1. The van der Waals surface area contributed by atoms with Crippen LogP contribution in [0.2, 0.25) is 0 Å². The number of para-hydroxylation sites is 1. The van der Waals surface area contributed by atoms with Crippen LogP contribution in [-0.2, 0) is 11.8 Å². The fraction of sp³-hybridized carbons (Fsp3) is 0.0556. The average molecular weight is 396 g/mol. The van der Waals surface area contributed by atoms with E-state index in [9.17, 15) is 10.1 Å². The predicted octanol–water partition coefficient (Wildman–Crippen LogP) is 3.71. The molecule has 3 aromatic rings. The molecule has 6 nitrogen and oxygen atoms in total. The van der Waals surface area contributed by atoms with Crippen molar-refractivity contribution in [1.82, 2.24) is 9.78 Å². The van der Waals surface area contributed by atoms with Crippen molar-refractivity contribution in [3.05, 3.63) is 64.8 Å². The number of benzene rings is 2. The fourth-order valence-corrected chi connectivity index (χ4v) is 3.06. The summed E-state index contributed by atoms with van der Waals surface area (Å²) in [4.78, 5) is 11.5. The van der Waals surface area contributed by atoms with Crippen LogP contribution >= 0.6 is 15.9 Å². The topological polar surface area (TPSA) is 74.0 Å². The molecule has 0 unspecified atom stereocenters. The Hall–Kier alpha value is -3.11. The van der Waals surface area contributed by atoms with Gasteiger partial charge in [0, 0.05) is 18.8 Å². The zero-order chi connectivity index (χ0) is 17.8. The first kappa shape index (κ1) is 16.7. The number of amides is 1. The summed E-state index contributed by atoms with van der Waals surface area (Å²) < 4.78 is 2.61. The molecule has 0 spiro atoms. The lowest BCUT2D eigenvalue weighted by Gasteiger charge is -2.21. The molecule has 124 valence electrons. The van der Waals surface area contributed by atoms with E-state index < -0.39 is 0 Å². The third-order valence-electron chi connectivity index (χ3n) is 3.56. The molecular formula is C18H14BrN5O. The first-order valence-corrected chi connectivity index (χ1v) is 8.21.